The molecule has 0 aromatic heterocycles. The molecule has 2 atom stereocenters. The second kappa shape index (κ2) is 5.83. The highest BCUT2D eigenvalue weighted by molar-refractivity contribution is 5.66. The number of hydrogen-bond donors (Lipinski definition) is 2. The van der Waals surface area contributed by atoms with Crippen molar-refractivity contribution in [2.75, 3.05) is 13.1 Å². The number of nitrogens with zero attached hydrogens (tertiary/aromatic N) is 1. The van der Waals surface area contributed by atoms with Crippen molar-refractivity contribution < 1.29 is 9.90 Å². The molecule has 17 heavy (non-hydrogen) atoms. The minimum Gasteiger partial charge on any atom is -0.481 e. The Kier molecular flexibility index (Phi) is 4.95. The van der Waals surface area contributed by atoms with Crippen molar-refractivity contribution in [2.45, 2.75) is 64.6 Å². The molecule has 1 fully saturated rings. The van der Waals surface area contributed by atoms with Gasteiger partial charge in [-0.3, -0.25) is 9.69 Å². The van der Waals surface area contributed by atoms with E-state index in [2.05, 4.69) is 37.9 Å². The lowest BCUT2D eigenvalue weighted by atomic mass is 9.93. The van der Waals surface area contributed by atoms with Crippen LogP contribution < -0.4 is 5.32 Å². The molecule has 1 aliphatic heterocycles. The van der Waals surface area contributed by atoms with Gasteiger partial charge in [0, 0.05) is 37.1 Å². The van der Waals surface area contributed by atoms with Crippen LogP contribution in [0.25, 0.3) is 0 Å². The zero-order valence-corrected chi connectivity index (χ0v) is 11.5. The zero-order valence-electron chi connectivity index (χ0n) is 11.5. The van der Waals surface area contributed by atoms with E-state index in [1.54, 1.807) is 0 Å². The van der Waals surface area contributed by atoms with Crippen LogP contribution in [0.4, 0.5) is 0 Å². The maximum absolute atomic E-state index is 10.6. The van der Waals surface area contributed by atoms with Gasteiger partial charge in [-0.05, 0) is 33.6 Å². The summed E-state index contributed by atoms with van der Waals surface area (Å²) in [6.45, 7) is 10.8. The van der Waals surface area contributed by atoms with E-state index >= 15 is 0 Å². The van der Waals surface area contributed by atoms with Crippen molar-refractivity contribution >= 4 is 5.97 Å². The highest BCUT2D eigenvalue weighted by atomic mass is 16.4. The Morgan fingerprint density at radius 3 is 2.76 bits per heavy atom. The summed E-state index contributed by atoms with van der Waals surface area (Å²) < 4.78 is 0. The maximum Gasteiger partial charge on any atom is 0.303 e. The molecular formula is C13H26N2O2. The fraction of sp³-hybridized carbons (Fsp3) is 0.923. The number of piperazine rings is 1. The Morgan fingerprint density at radius 1 is 1.59 bits per heavy atom. The largest absolute Gasteiger partial charge is 0.481 e. The van der Waals surface area contributed by atoms with Crippen molar-refractivity contribution in [3.8, 4) is 0 Å². The fourth-order valence-corrected chi connectivity index (χ4v) is 2.53. The van der Waals surface area contributed by atoms with E-state index in [9.17, 15) is 4.79 Å². The van der Waals surface area contributed by atoms with Crippen LogP contribution in [0.15, 0.2) is 0 Å². The van der Waals surface area contributed by atoms with Gasteiger partial charge in [-0.25, -0.2) is 0 Å². The van der Waals surface area contributed by atoms with Gasteiger partial charge in [-0.1, -0.05) is 6.92 Å². The van der Waals surface area contributed by atoms with Gasteiger partial charge in [0.2, 0.25) is 0 Å². The molecule has 1 aliphatic rings. The number of hydrogen-bond acceptors (Lipinski definition) is 3. The van der Waals surface area contributed by atoms with Gasteiger partial charge in [0.05, 0.1) is 0 Å². The fourth-order valence-electron chi connectivity index (χ4n) is 2.53. The van der Waals surface area contributed by atoms with E-state index in [4.69, 9.17) is 5.11 Å². The Hall–Kier alpha value is -0.610. The first-order valence-corrected chi connectivity index (χ1v) is 6.58. The zero-order chi connectivity index (χ0) is 13.1. The average molecular weight is 242 g/mol. The van der Waals surface area contributed by atoms with E-state index in [0.29, 0.717) is 12.1 Å². The normalized spacial score (nSPS) is 26.7. The summed E-state index contributed by atoms with van der Waals surface area (Å²) >= 11 is 0. The van der Waals surface area contributed by atoms with Crippen molar-refractivity contribution in [2.24, 2.45) is 0 Å². The number of rotatable bonds is 5. The second-order valence-electron chi connectivity index (χ2n) is 5.73. The molecule has 0 aromatic carbocycles. The van der Waals surface area contributed by atoms with Gasteiger partial charge in [0.15, 0.2) is 0 Å². The summed E-state index contributed by atoms with van der Waals surface area (Å²) in [5.41, 5.74) is 0.162. The number of aliphatic carboxylic acids is 1. The molecule has 4 nitrogen and oxygen atoms in total. The lowest BCUT2D eigenvalue weighted by Gasteiger charge is -2.49. The van der Waals surface area contributed by atoms with Crippen LogP contribution in [-0.4, -0.2) is 46.7 Å². The van der Waals surface area contributed by atoms with Gasteiger partial charge < -0.3 is 10.4 Å². The Balaban J connectivity index is 2.57. The number of carboxylic acids is 1. The molecule has 0 bridgehead atoms. The molecule has 1 rings (SSSR count). The number of carbonyl (C=O) groups is 1. The molecule has 0 saturated carbocycles. The molecule has 1 heterocycles. The molecule has 0 aliphatic carbocycles. The standard InChI is InChI=1S/C13H26N2O2/c1-5-10(2)15-8-11(6-7-12(16)17)14-9-13(15,3)4/h10-11,14H,5-9H2,1-4H3,(H,16,17). The van der Waals surface area contributed by atoms with Crippen LogP contribution >= 0.6 is 0 Å². The minimum atomic E-state index is -0.702. The Labute approximate surface area is 104 Å². The predicted octanol–water partition coefficient (Wildman–Crippen LogP) is 1.70. The lowest BCUT2D eigenvalue weighted by molar-refractivity contribution is -0.137. The maximum atomic E-state index is 10.6. The third-order valence-corrected chi connectivity index (χ3v) is 3.85. The van der Waals surface area contributed by atoms with Gasteiger partial charge in [0.1, 0.15) is 0 Å². The Morgan fingerprint density at radius 2 is 2.24 bits per heavy atom. The van der Waals surface area contributed by atoms with E-state index in [1.807, 2.05) is 0 Å². The van der Waals surface area contributed by atoms with Gasteiger partial charge in [0.25, 0.3) is 0 Å². The van der Waals surface area contributed by atoms with E-state index < -0.39 is 5.97 Å². The molecule has 0 amide bonds. The van der Waals surface area contributed by atoms with E-state index in [-0.39, 0.29) is 12.0 Å². The van der Waals surface area contributed by atoms with Crippen LogP contribution in [0.2, 0.25) is 0 Å². The molecule has 4 heteroatoms. The van der Waals surface area contributed by atoms with Gasteiger partial charge in [-0.15, -0.1) is 0 Å². The third-order valence-electron chi connectivity index (χ3n) is 3.85. The van der Waals surface area contributed by atoms with Crippen molar-refractivity contribution in [1.29, 1.82) is 0 Å². The third kappa shape index (κ3) is 3.96. The lowest BCUT2D eigenvalue weighted by Crippen LogP contribution is -2.64. The summed E-state index contributed by atoms with van der Waals surface area (Å²) in [5.74, 6) is -0.702. The summed E-state index contributed by atoms with van der Waals surface area (Å²) in [6, 6.07) is 0.868. The van der Waals surface area contributed by atoms with Crippen LogP contribution in [0.1, 0.15) is 47.0 Å². The highest BCUT2D eigenvalue weighted by Gasteiger charge is 2.35. The van der Waals surface area contributed by atoms with Crippen molar-refractivity contribution in [1.82, 2.24) is 10.2 Å². The topological polar surface area (TPSA) is 52.6 Å². The summed E-state index contributed by atoms with van der Waals surface area (Å²) in [5, 5.41) is 12.2. The van der Waals surface area contributed by atoms with Crippen molar-refractivity contribution in [3.05, 3.63) is 0 Å². The summed E-state index contributed by atoms with van der Waals surface area (Å²) in [4.78, 5) is 13.1. The minimum absolute atomic E-state index is 0.162. The van der Waals surface area contributed by atoms with Crippen molar-refractivity contribution in [3.63, 3.8) is 0 Å². The quantitative estimate of drug-likeness (QED) is 0.770. The Bertz CT molecular complexity index is 266. The monoisotopic (exact) mass is 242 g/mol. The molecule has 2 N–H and O–H groups in total. The second-order valence-corrected chi connectivity index (χ2v) is 5.73. The van der Waals surface area contributed by atoms with Crippen LogP contribution in [-0.2, 0) is 4.79 Å². The molecule has 0 aromatic rings. The summed E-state index contributed by atoms with van der Waals surface area (Å²) in [6.07, 6.45) is 2.11. The number of nitrogens with one attached hydrogen (secondary N) is 1. The molecule has 0 radical (unpaired) electrons. The predicted molar refractivity (Wildman–Crippen MR) is 69.2 cm³/mol. The first kappa shape index (κ1) is 14.5. The molecule has 0 spiro atoms. The molecule has 2 unspecified atom stereocenters. The van der Waals surface area contributed by atoms with E-state index in [0.717, 1.165) is 25.9 Å². The summed E-state index contributed by atoms with van der Waals surface area (Å²) in [7, 11) is 0. The molecular weight excluding hydrogens is 216 g/mol. The molecule has 1 saturated heterocycles. The molecule has 100 valence electrons. The van der Waals surface area contributed by atoms with Crippen LogP contribution in [0.3, 0.4) is 0 Å². The number of carboxylic acid groups (broad SMARTS) is 1. The van der Waals surface area contributed by atoms with Crippen LogP contribution in [0, 0.1) is 0 Å². The SMILES string of the molecule is CCC(C)N1CC(CCC(=O)O)NCC1(C)C. The van der Waals surface area contributed by atoms with Gasteiger partial charge >= 0.3 is 5.97 Å². The van der Waals surface area contributed by atoms with E-state index in [1.165, 1.54) is 0 Å². The smallest absolute Gasteiger partial charge is 0.303 e. The average Bonchev–Trinajstić information content (AvgIpc) is 2.26. The van der Waals surface area contributed by atoms with Crippen LogP contribution in [0.5, 0.6) is 0 Å². The highest BCUT2D eigenvalue weighted by Crippen LogP contribution is 2.23. The first-order valence-electron chi connectivity index (χ1n) is 6.58. The van der Waals surface area contributed by atoms with Gasteiger partial charge in [-0.2, -0.15) is 0 Å². The first-order chi connectivity index (χ1) is 7.86.